The lowest BCUT2D eigenvalue weighted by Crippen LogP contribution is -2.42. The predicted molar refractivity (Wildman–Crippen MR) is 93.4 cm³/mol. The highest BCUT2D eigenvalue weighted by atomic mass is 16.5. The lowest BCUT2D eigenvalue weighted by molar-refractivity contribution is -0.151. The molecule has 7 nitrogen and oxygen atoms in total. The van der Waals surface area contributed by atoms with E-state index in [1.807, 2.05) is 6.07 Å². The molecule has 1 heterocycles. The molecule has 142 valence electrons. The zero-order chi connectivity index (χ0) is 18.9. The van der Waals surface area contributed by atoms with Crippen LogP contribution in [0.3, 0.4) is 0 Å². The molecule has 1 aromatic carbocycles. The first kappa shape index (κ1) is 19.9. The SMILES string of the molecule is CCOC(=O)C1CCN(C(=O)COC(=O)c2cccc(COC)c2)CC1. The molecule has 2 rings (SSSR count). The van der Waals surface area contributed by atoms with E-state index in [1.54, 1.807) is 37.1 Å². The van der Waals surface area contributed by atoms with Gasteiger partial charge < -0.3 is 19.1 Å². The summed E-state index contributed by atoms with van der Waals surface area (Å²) in [6.07, 6.45) is 1.13. The van der Waals surface area contributed by atoms with Crippen LogP contribution in [0.2, 0.25) is 0 Å². The van der Waals surface area contributed by atoms with Crippen LogP contribution >= 0.6 is 0 Å². The summed E-state index contributed by atoms with van der Waals surface area (Å²) >= 11 is 0. The van der Waals surface area contributed by atoms with Gasteiger partial charge in [-0.1, -0.05) is 12.1 Å². The van der Waals surface area contributed by atoms with Crippen LogP contribution < -0.4 is 0 Å². The van der Waals surface area contributed by atoms with Gasteiger partial charge in [-0.15, -0.1) is 0 Å². The lowest BCUT2D eigenvalue weighted by Gasteiger charge is -2.30. The standard InChI is InChI=1S/C19H25NO6/c1-3-25-18(22)15-7-9-20(10-8-15)17(21)13-26-19(23)16-6-4-5-14(11-16)12-24-2/h4-6,11,15H,3,7-10,12-13H2,1-2H3. The molecule has 0 saturated carbocycles. The van der Waals surface area contributed by atoms with Crippen LogP contribution in [0.4, 0.5) is 0 Å². The van der Waals surface area contributed by atoms with Gasteiger partial charge in [0, 0.05) is 20.2 Å². The molecule has 1 aliphatic rings. The van der Waals surface area contributed by atoms with Crippen molar-refractivity contribution in [1.82, 2.24) is 4.90 Å². The monoisotopic (exact) mass is 363 g/mol. The van der Waals surface area contributed by atoms with Crippen molar-refractivity contribution in [3.8, 4) is 0 Å². The quantitative estimate of drug-likeness (QED) is 0.687. The highest BCUT2D eigenvalue weighted by molar-refractivity contribution is 5.91. The highest BCUT2D eigenvalue weighted by Crippen LogP contribution is 2.19. The molecule has 1 aliphatic heterocycles. The van der Waals surface area contributed by atoms with E-state index in [-0.39, 0.29) is 24.4 Å². The number of esters is 2. The molecule has 0 bridgehead atoms. The Kier molecular flexibility index (Phi) is 7.59. The first-order chi connectivity index (χ1) is 12.5. The van der Waals surface area contributed by atoms with Gasteiger partial charge in [0.15, 0.2) is 6.61 Å². The van der Waals surface area contributed by atoms with E-state index in [0.29, 0.717) is 44.7 Å². The van der Waals surface area contributed by atoms with Crippen molar-refractivity contribution in [3.63, 3.8) is 0 Å². The van der Waals surface area contributed by atoms with Crippen molar-refractivity contribution in [2.75, 3.05) is 33.4 Å². The number of hydrogen-bond acceptors (Lipinski definition) is 6. The fourth-order valence-electron chi connectivity index (χ4n) is 2.88. The number of amides is 1. The largest absolute Gasteiger partial charge is 0.466 e. The number of carbonyl (C=O) groups is 3. The number of likely N-dealkylation sites (tertiary alicyclic amines) is 1. The number of carbonyl (C=O) groups excluding carboxylic acids is 3. The van der Waals surface area contributed by atoms with E-state index in [2.05, 4.69) is 0 Å². The lowest BCUT2D eigenvalue weighted by atomic mass is 9.97. The molecule has 0 aliphatic carbocycles. The zero-order valence-electron chi connectivity index (χ0n) is 15.2. The first-order valence-electron chi connectivity index (χ1n) is 8.74. The van der Waals surface area contributed by atoms with Gasteiger partial charge in [0.05, 0.1) is 24.7 Å². The zero-order valence-corrected chi connectivity index (χ0v) is 15.2. The van der Waals surface area contributed by atoms with Gasteiger partial charge in [-0.3, -0.25) is 9.59 Å². The molecule has 0 aromatic heterocycles. The molecule has 0 atom stereocenters. The Balaban J connectivity index is 1.79. The van der Waals surface area contributed by atoms with E-state index < -0.39 is 5.97 Å². The van der Waals surface area contributed by atoms with Crippen molar-refractivity contribution in [2.45, 2.75) is 26.4 Å². The molecule has 0 unspecified atom stereocenters. The first-order valence-corrected chi connectivity index (χ1v) is 8.74. The van der Waals surface area contributed by atoms with Gasteiger partial charge >= 0.3 is 11.9 Å². The number of nitrogens with zero attached hydrogens (tertiary/aromatic N) is 1. The number of ether oxygens (including phenoxy) is 3. The van der Waals surface area contributed by atoms with Gasteiger partial charge in [-0.05, 0) is 37.5 Å². The Morgan fingerprint density at radius 2 is 1.88 bits per heavy atom. The summed E-state index contributed by atoms with van der Waals surface area (Å²) in [4.78, 5) is 37.7. The van der Waals surface area contributed by atoms with Crippen molar-refractivity contribution < 1.29 is 28.6 Å². The topological polar surface area (TPSA) is 82.1 Å². The normalized spacial score (nSPS) is 14.8. The minimum Gasteiger partial charge on any atom is -0.466 e. The number of piperidine rings is 1. The molecule has 1 fully saturated rings. The van der Waals surface area contributed by atoms with Gasteiger partial charge in [-0.2, -0.15) is 0 Å². The fourth-order valence-corrected chi connectivity index (χ4v) is 2.88. The minimum absolute atomic E-state index is 0.162. The second kappa shape index (κ2) is 9.91. The number of methoxy groups -OCH3 is 1. The molecule has 26 heavy (non-hydrogen) atoms. The van der Waals surface area contributed by atoms with Crippen molar-refractivity contribution in [3.05, 3.63) is 35.4 Å². The fraction of sp³-hybridized carbons (Fsp3) is 0.526. The Bertz CT molecular complexity index is 637. The van der Waals surface area contributed by atoms with Crippen LogP contribution in [-0.4, -0.2) is 56.2 Å². The average Bonchev–Trinajstić information content (AvgIpc) is 2.66. The number of hydrogen-bond donors (Lipinski definition) is 0. The summed E-state index contributed by atoms with van der Waals surface area (Å²) in [7, 11) is 1.58. The smallest absolute Gasteiger partial charge is 0.338 e. The summed E-state index contributed by atoms with van der Waals surface area (Å²) in [5.74, 6) is -1.17. The Hall–Kier alpha value is -2.41. The molecule has 0 N–H and O–H groups in total. The third-order valence-corrected chi connectivity index (χ3v) is 4.27. The third-order valence-electron chi connectivity index (χ3n) is 4.27. The van der Waals surface area contributed by atoms with Crippen molar-refractivity contribution in [2.24, 2.45) is 5.92 Å². The summed E-state index contributed by atoms with van der Waals surface area (Å²) in [5, 5.41) is 0. The summed E-state index contributed by atoms with van der Waals surface area (Å²) in [5.41, 5.74) is 1.24. The van der Waals surface area contributed by atoms with Crippen LogP contribution in [0.5, 0.6) is 0 Å². The van der Waals surface area contributed by atoms with Crippen LogP contribution in [0.1, 0.15) is 35.7 Å². The van der Waals surface area contributed by atoms with E-state index in [1.165, 1.54) is 0 Å². The molecule has 1 saturated heterocycles. The second-order valence-corrected chi connectivity index (χ2v) is 6.12. The van der Waals surface area contributed by atoms with E-state index in [0.717, 1.165) is 5.56 Å². The number of benzene rings is 1. The minimum atomic E-state index is -0.544. The maximum atomic E-state index is 12.2. The summed E-state index contributed by atoms with van der Waals surface area (Å²) in [6.45, 7) is 3.15. The maximum Gasteiger partial charge on any atom is 0.338 e. The van der Waals surface area contributed by atoms with Gasteiger partial charge in [0.1, 0.15) is 0 Å². The van der Waals surface area contributed by atoms with Gasteiger partial charge in [0.2, 0.25) is 0 Å². The summed E-state index contributed by atoms with van der Waals surface area (Å²) < 4.78 is 15.2. The van der Waals surface area contributed by atoms with E-state index in [9.17, 15) is 14.4 Å². The summed E-state index contributed by atoms with van der Waals surface area (Å²) in [6, 6.07) is 6.91. The van der Waals surface area contributed by atoms with Crippen LogP contribution in [0.25, 0.3) is 0 Å². The van der Waals surface area contributed by atoms with E-state index >= 15 is 0 Å². The third kappa shape index (κ3) is 5.56. The Labute approximate surface area is 153 Å². The Morgan fingerprint density at radius 3 is 2.54 bits per heavy atom. The molecule has 0 radical (unpaired) electrons. The van der Waals surface area contributed by atoms with Gasteiger partial charge in [0.25, 0.3) is 5.91 Å². The van der Waals surface area contributed by atoms with Crippen LogP contribution in [0, 0.1) is 5.92 Å². The highest BCUT2D eigenvalue weighted by Gasteiger charge is 2.28. The molecule has 7 heteroatoms. The van der Waals surface area contributed by atoms with E-state index in [4.69, 9.17) is 14.2 Å². The molecular formula is C19H25NO6. The van der Waals surface area contributed by atoms with Crippen LogP contribution in [0.15, 0.2) is 24.3 Å². The number of rotatable bonds is 7. The molecule has 0 spiro atoms. The van der Waals surface area contributed by atoms with Gasteiger partial charge in [-0.25, -0.2) is 4.79 Å². The maximum absolute atomic E-state index is 12.2. The molecule has 1 amide bonds. The van der Waals surface area contributed by atoms with Crippen molar-refractivity contribution >= 4 is 17.8 Å². The van der Waals surface area contributed by atoms with Crippen molar-refractivity contribution in [1.29, 1.82) is 0 Å². The average molecular weight is 363 g/mol. The second-order valence-electron chi connectivity index (χ2n) is 6.12. The van der Waals surface area contributed by atoms with Crippen LogP contribution in [-0.2, 0) is 30.4 Å². The molecular weight excluding hydrogens is 338 g/mol. The molecule has 1 aromatic rings. The Morgan fingerprint density at radius 1 is 1.15 bits per heavy atom. The predicted octanol–water partition coefficient (Wildman–Crippen LogP) is 1.79.